The van der Waals surface area contributed by atoms with Gasteiger partial charge in [0.15, 0.2) is 5.78 Å². The van der Waals surface area contributed by atoms with Crippen molar-refractivity contribution in [2.75, 3.05) is 0 Å². The van der Waals surface area contributed by atoms with Crippen LogP contribution in [0.2, 0.25) is 0 Å². The average Bonchev–Trinajstić information content (AvgIpc) is 2.81. The van der Waals surface area contributed by atoms with Gasteiger partial charge < -0.3 is 9.88 Å². The first-order chi connectivity index (χ1) is 9.90. The molecule has 0 aliphatic rings. The maximum atomic E-state index is 13.7. The minimum Gasteiger partial charge on any atom is -0.346 e. The van der Waals surface area contributed by atoms with Crippen molar-refractivity contribution in [3.8, 4) is 0 Å². The van der Waals surface area contributed by atoms with Crippen LogP contribution in [0.25, 0.3) is 0 Å². The molecule has 0 spiro atoms. The zero-order chi connectivity index (χ0) is 15.6. The number of ketones is 1. The van der Waals surface area contributed by atoms with E-state index in [2.05, 4.69) is 5.32 Å². The normalized spacial score (nSPS) is 12.0. The third-order valence-corrected chi connectivity index (χ3v) is 3.36. The van der Waals surface area contributed by atoms with Gasteiger partial charge in [0, 0.05) is 24.4 Å². The van der Waals surface area contributed by atoms with Gasteiger partial charge in [0.1, 0.15) is 11.5 Å². The van der Waals surface area contributed by atoms with Crippen LogP contribution in [0.1, 0.15) is 46.3 Å². The molecule has 1 aromatic carbocycles. The molecule has 0 saturated heterocycles. The largest absolute Gasteiger partial charge is 0.346 e. The summed E-state index contributed by atoms with van der Waals surface area (Å²) in [7, 11) is 1.69. The number of halogens is 1. The number of nitrogens with zero attached hydrogens (tertiary/aromatic N) is 1. The zero-order valence-electron chi connectivity index (χ0n) is 12.2. The van der Waals surface area contributed by atoms with Crippen molar-refractivity contribution in [2.45, 2.75) is 19.9 Å². The number of amides is 1. The summed E-state index contributed by atoms with van der Waals surface area (Å²) in [5.74, 6) is -0.811. The van der Waals surface area contributed by atoms with Gasteiger partial charge >= 0.3 is 0 Å². The van der Waals surface area contributed by atoms with Gasteiger partial charge in [-0.05, 0) is 26.0 Å². The van der Waals surface area contributed by atoms with Gasteiger partial charge in [-0.1, -0.05) is 18.2 Å². The van der Waals surface area contributed by atoms with Crippen LogP contribution >= 0.6 is 0 Å². The molecule has 5 heteroatoms. The molecule has 2 rings (SSSR count). The van der Waals surface area contributed by atoms with E-state index in [0.29, 0.717) is 16.8 Å². The topological polar surface area (TPSA) is 51.1 Å². The second-order valence-electron chi connectivity index (χ2n) is 5.00. The summed E-state index contributed by atoms with van der Waals surface area (Å²) in [6.45, 7) is 3.16. The molecule has 0 fully saturated rings. The number of hydrogen-bond acceptors (Lipinski definition) is 2. The second-order valence-corrected chi connectivity index (χ2v) is 5.00. The summed E-state index contributed by atoms with van der Waals surface area (Å²) < 4.78 is 15.3. The van der Waals surface area contributed by atoms with Gasteiger partial charge in [0.25, 0.3) is 5.91 Å². The predicted octanol–water partition coefficient (Wildman–Crippen LogP) is 2.86. The lowest BCUT2D eigenvalue weighted by molar-refractivity contribution is 0.0931. The lowest BCUT2D eigenvalue weighted by atomic mass is 10.1. The number of aromatic nitrogens is 1. The van der Waals surface area contributed by atoms with Gasteiger partial charge in [0.05, 0.1) is 6.04 Å². The quantitative estimate of drug-likeness (QED) is 0.879. The van der Waals surface area contributed by atoms with E-state index in [4.69, 9.17) is 0 Å². The summed E-state index contributed by atoms with van der Waals surface area (Å²) >= 11 is 0. The monoisotopic (exact) mass is 288 g/mol. The molecule has 0 aliphatic carbocycles. The molecule has 1 amide bonds. The first-order valence-corrected chi connectivity index (χ1v) is 6.62. The minimum atomic E-state index is -0.464. The van der Waals surface area contributed by atoms with Crippen LogP contribution in [0.5, 0.6) is 0 Å². The molecule has 21 heavy (non-hydrogen) atoms. The Morgan fingerprint density at radius 1 is 1.29 bits per heavy atom. The Hall–Kier alpha value is -2.43. The first kappa shape index (κ1) is 15.0. The van der Waals surface area contributed by atoms with Crippen LogP contribution in [0.3, 0.4) is 0 Å². The molecule has 0 aliphatic heterocycles. The molecule has 1 atom stereocenters. The highest BCUT2D eigenvalue weighted by Gasteiger charge is 2.18. The highest BCUT2D eigenvalue weighted by molar-refractivity contribution is 5.99. The summed E-state index contributed by atoms with van der Waals surface area (Å²) in [6, 6.07) is 7.38. The lowest BCUT2D eigenvalue weighted by Crippen LogP contribution is -2.28. The standard InChI is InChI=1S/C16H17FN2O2/c1-10(13-6-4-5-7-14(13)17)18-16(21)15-8-12(11(2)20)9-19(15)3/h4-10H,1-3H3,(H,18,21)/t10-/m0/s1. The second kappa shape index (κ2) is 5.91. The number of benzene rings is 1. The summed E-state index contributed by atoms with van der Waals surface area (Å²) in [5.41, 5.74) is 1.26. The molecule has 1 heterocycles. The van der Waals surface area contributed by atoms with Crippen molar-refractivity contribution in [3.05, 3.63) is 59.2 Å². The number of aryl methyl sites for hydroxylation is 1. The Kier molecular flexibility index (Phi) is 4.21. The Balaban J connectivity index is 2.18. The summed E-state index contributed by atoms with van der Waals surface area (Å²) in [4.78, 5) is 23.6. The van der Waals surface area contributed by atoms with Gasteiger partial charge in [-0.15, -0.1) is 0 Å². The first-order valence-electron chi connectivity index (χ1n) is 6.62. The molecule has 0 bridgehead atoms. The molecule has 0 saturated carbocycles. The maximum absolute atomic E-state index is 13.7. The number of rotatable bonds is 4. The third kappa shape index (κ3) is 3.18. The van der Waals surface area contributed by atoms with Crippen molar-refractivity contribution in [1.29, 1.82) is 0 Å². The van der Waals surface area contributed by atoms with Crippen LogP contribution in [-0.4, -0.2) is 16.3 Å². The number of Topliss-reactive ketones (excluding diaryl/α,β-unsaturated/α-hetero) is 1. The minimum absolute atomic E-state index is 0.105. The number of hydrogen-bond donors (Lipinski definition) is 1. The van der Waals surface area contributed by atoms with Crippen molar-refractivity contribution in [1.82, 2.24) is 9.88 Å². The number of carbonyl (C=O) groups is 2. The van der Waals surface area contributed by atoms with Gasteiger partial charge in [-0.25, -0.2) is 4.39 Å². The van der Waals surface area contributed by atoms with Crippen LogP contribution in [-0.2, 0) is 7.05 Å². The van der Waals surface area contributed by atoms with E-state index in [9.17, 15) is 14.0 Å². The number of carbonyl (C=O) groups excluding carboxylic acids is 2. The van der Waals surface area contributed by atoms with Crippen LogP contribution in [0, 0.1) is 5.82 Å². The van der Waals surface area contributed by atoms with E-state index in [1.807, 2.05) is 0 Å². The van der Waals surface area contributed by atoms with Crippen molar-refractivity contribution in [2.24, 2.45) is 7.05 Å². The van der Waals surface area contributed by atoms with E-state index in [0.717, 1.165) is 0 Å². The van der Waals surface area contributed by atoms with Crippen LogP contribution < -0.4 is 5.32 Å². The highest BCUT2D eigenvalue weighted by atomic mass is 19.1. The highest BCUT2D eigenvalue weighted by Crippen LogP contribution is 2.17. The van der Waals surface area contributed by atoms with Crippen molar-refractivity contribution < 1.29 is 14.0 Å². The lowest BCUT2D eigenvalue weighted by Gasteiger charge is -2.15. The fourth-order valence-corrected chi connectivity index (χ4v) is 2.16. The Morgan fingerprint density at radius 3 is 2.52 bits per heavy atom. The fourth-order valence-electron chi connectivity index (χ4n) is 2.16. The third-order valence-electron chi connectivity index (χ3n) is 3.36. The molecular weight excluding hydrogens is 271 g/mol. The molecule has 0 radical (unpaired) electrons. The number of nitrogens with one attached hydrogen (secondary N) is 1. The molecule has 0 unspecified atom stereocenters. The Labute approximate surface area is 122 Å². The van der Waals surface area contributed by atoms with E-state index >= 15 is 0 Å². The molecule has 2 aromatic rings. The molecular formula is C16H17FN2O2. The van der Waals surface area contributed by atoms with Crippen LogP contribution in [0.15, 0.2) is 36.5 Å². The molecule has 1 N–H and O–H groups in total. The van der Waals surface area contributed by atoms with Crippen molar-refractivity contribution >= 4 is 11.7 Å². The maximum Gasteiger partial charge on any atom is 0.268 e. The van der Waals surface area contributed by atoms with Crippen molar-refractivity contribution in [3.63, 3.8) is 0 Å². The smallest absolute Gasteiger partial charge is 0.268 e. The fraction of sp³-hybridized carbons (Fsp3) is 0.250. The molecule has 4 nitrogen and oxygen atoms in total. The van der Waals surface area contributed by atoms with Crippen LogP contribution in [0.4, 0.5) is 4.39 Å². The van der Waals surface area contributed by atoms with Gasteiger partial charge in [-0.3, -0.25) is 9.59 Å². The zero-order valence-corrected chi connectivity index (χ0v) is 12.2. The molecule has 1 aromatic heterocycles. The average molecular weight is 288 g/mol. The van der Waals surface area contributed by atoms with E-state index in [1.165, 1.54) is 19.1 Å². The SMILES string of the molecule is CC(=O)c1cc(C(=O)N[C@@H](C)c2ccccc2F)n(C)c1. The predicted molar refractivity (Wildman–Crippen MR) is 77.7 cm³/mol. The Morgan fingerprint density at radius 2 is 1.95 bits per heavy atom. The summed E-state index contributed by atoms with van der Waals surface area (Å²) in [6.07, 6.45) is 1.60. The van der Waals surface area contributed by atoms with Gasteiger partial charge in [-0.2, -0.15) is 0 Å². The van der Waals surface area contributed by atoms with E-state index in [-0.39, 0.29) is 17.5 Å². The Bertz CT molecular complexity index is 691. The van der Waals surface area contributed by atoms with E-state index in [1.54, 1.807) is 42.9 Å². The summed E-state index contributed by atoms with van der Waals surface area (Å²) in [5, 5.41) is 2.74. The van der Waals surface area contributed by atoms with Gasteiger partial charge in [0.2, 0.25) is 0 Å². The van der Waals surface area contributed by atoms with E-state index < -0.39 is 6.04 Å². The molecule has 110 valence electrons.